The van der Waals surface area contributed by atoms with Crippen molar-refractivity contribution in [3.05, 3.63) is 0 Å². The van der Waals surface area contributed by atoms with Crippen molar-refractivity contribution in [2.75, 3.05) is 0 Å². The van der Waals surface area contributed by atoms with Crippen LogP contribution in [0.1, 0.15) is 58.3 Å². The monoisotopic (exact) mass is 322 g/mol. The first-order valence-corrected chi connectivity index (χ1v) is 7.80. The van der Waals surface area contributed by atoms with Gasteiger partial charge in [0.05, 0.1) is 12.2 Å². The van der Waals surface area contributed by atoms with Crippen molar-refractivity contribution in [2.24, 2.45) is 5.92 Å². The molecule has 0 bridgehead atoms. The Kier molecular flexibility index (Phi) is 4.74. The zero-order valence-corrected chi connectivity index (χ0v) is 11.9. The average Bonchev–Trinajstić information content (AvgIpc) is 2.25. The highest BCUT2D eigenvalue weighted by atomic mass is 127. The van der Waals surface area contributed by atoms with Crippen LogP contribution >= 0.6 is 22.6 Å². The van der Waals surface area contributed by atoms with Gasteiger partial charge in [-0.2, -0.15) is 0 Å². The maximum Gasteiger partial charge on any atom is 0.0696 e. The summed E-state index contributed by atoms with van der Waals surface area (Å²) in [5.74, 6) is 0.937. The van der Waals surface area contributed by atoms with Gasteiger partial charge >= 0.3 is 0 Å². The maximum absolute atomic E-state index is 6.29. The molecule has 0 saturated heterocycles. The normalized spacial score (nSPS) is 42.8. The third-order valence-corrected chi connectivity index (χ3v) is 5.38. The number of hydrogen-bond acceptors (Lipinski definition) is 1. The molecule has 0 spiro atoms. The third-order valence-electron chi connectivity index (χ3n) is 3.95. The lowest BCUT2D eigenvalue weighted by molar-refractivity contribution is -0.0445. The van der Waals surface area contributed by atoms with Crippen LogP contribution in [-0.2, 0) is 4.74 Å². The van der Waals surface area contributed by atoms with Crippen LogP contribution < -0.4 is 0 Å². The fourth-order valence-corrected chi connectivity index (χ4v) is 3.79. The molecule has 2 rings (SSSR count). The SMILES string of the molecule is CC1CCC(OC2CCCCC2I)CC1. The average molecular weight is 322 g/mol. The fraction of sp³-hybridized carbons (Fsp3) is 1.00. The first-order valence-electron chi connectivity index (χ1n) is 6.55. The van der Waals surface area contributed by atoms with E-state index in [1.807, 2.05) is 0 Å². The van der Waals surface area contributed by atoms with Crippen LogP contribution in [0.2, 0.25) is 0 Å². The topological polar surface area (TPSA) is 9.23 Å². The lowest BCUT2D eigenvalue weighted by atomic mass is 9.88. The van der Waals surface area contributed by atoms with Crippen LogP contribution in [0.15, 0.2) is 0 Å². The Morgan fingerprint density at radius 1 is 0.933 bits per heavy atom. The lowest BCUT2D eigenvalue weighted by Crippen LogP contribution is -2.33. The summed E-state index contributed by atoms with van der Waals surface area (Å²) >= 11 is 2.59. The van der Waals surface area contributed by atoms with Crippen LogP contribution in [-0.4, -0.2) is 16.1 Å². The quantitative estimate of drug-likeness (QED) is 0.543. The predicted molar refractivity (Wildman–Crippen MR) is 72.6 cm³/mol. The van der Waals surface area contributed by atoms with E-state index in [0.717, 1.165) is 9.84 Å². The van der Waals surface area contributed by atoms with Gasteiger partial charge in [-0.15, -0.1) is 0 Å². The summed E-state index contributed by atoms with van der Waals surface area (Å²) in [5, 5.41) is 0. The molecular weight excluding hydrogens is 299 g/mol. The molecule has 0 aromatic heterocycles. The predicted octanol–water partition coefficient (Wildman–Crippen LogP) is 4.33. The second kappa shape index (κ2) is 5.85. The molecule has 2 atom stereocenters. The molecule has 0 radical (unpaired) electrons. The maximum atomic E-state index is 6.29. The molecular formula is C13H23IO. The van der Waals surface area contributed by atoms with Crippen LogP contribution in [0.25, 0.3) is 0 Å². The summed E-state index contributed by atoms with van der Waals surface area (Å²) < 4.78 is 7.06. The summed E-state index contributed by atoms with van der Waals surface area (Å²) in [6, 6.07) is 0. The van der Waals surface area contributed by atoms with Crippen molar-refractivity contribution in [2.45, 2.75) is 74.4 Å². The second-order valence-corrected chi connectivity index (χ2v) is 6.96. The molecule has 2 heteroatoms. The Morgan fingerprint density at radius 3 is 2.27 bits per heavy atom. The van der Waals surface area contributed by atoms with E-state index in [0.29, 0.717) is 12.2 Å². The fourth-order valence-electron chi connectivity index (χ4n) is 2.82. The third kappa shape index (κ3) is 3.58. The first kappa shape index (κ1) is 12.2. The Morgan fingerprint density at radius 2 is 1.60 bits per heavy atom. The van der Waals surface area contributed by atoms with Crippen LogP contribution in [0.4, 0.5) is 0 Å². The first-order chi connectivity index (χ1) is 7.25. The van der Waals surface area contributed by atoms with Gasteiger partial charge in [0, 0.05) is 3.92 Å². The summed E-state index contributed by atoms with van der Waals surface area (Å²) in [5.41, 5.74) is 0. The summed E-state index contributed by atoms with van der Waals surface area (Å²) in [6.45, 7) is 2.37. The van der Waals surface area contributed by atoms with E-state index in [2.05, 4.69) is 29.5 Å². The van der Waals surface area contributed by atoms with Gasteiger partial charge in [-0.05, 0) is 44.4 Å². The molecule has 2 unspecified atom stereocenters. The molecule has 88 valence electrons. The molecule has 0 N–H and O–H groups in total. The van der Waals surface area contributed by atoms with E-state index in [-0.39, 0.29) is 0 Å². The van der Waals surface area contributed by atoms with Gasteiger partial charge in [0.15, 0.2) is 0 Å². The van der Waals surface area contributed by atoms with Crippen molar-refractivity contribution >= 4 is 22.6 Å². The molecule has 0 aliphatic heterocycles. The highest BCUT2D eigenvalue weighted by Crippen LogP contribution is 2.32. The largest absolute Gasteiger partial charge is 0.374 e. The van der Waals surface area contributed by atoms with Crippen molar-refractivity contribution in [1.29, 1.82) is 0 Å². The molecule has 0 amide bonds. The standard InChI is InChI=1S/C13H23IO/c1-10-6-8-11(9-7-10)15-13-5-3-2-4-12(13)14/h10-13H,2-9H2,1H3. The summed E-state index contributed by atoms with van der Waals surface area (Å²) in [7, 11) is 0. The number of alkyl halides is 1. The molecule has 1 nitrogen and oxygen atoms in total. The van der Waals surface area contributed by atoms with E-state index in [1.165, 1.54) is 51.4 Å². The Balaban J connectivity index is 1.75. The zero-order chi connectivity index (χ0) is 10.7. The molecule has 2 aliphatic rings. The van der Waals surface area contributed by atoms with E-state index in [9.17, 15) is 0 Å². The number of hydrogen-bond donors (Lipinski definition) is 0. The Bertz CT molecular complexity index is 187. The smallest absolute Gasteiger partial charge is 0.0696 e. The van der Waals surface area contributed by atoms with Gasteiger partial charge in [0.2, 0.25) is 0 Å². The van der Waals surface area contributed by atoms with Gasteiger partial charge < -0.3 is 4.74 Å². The van der Waals surface area contributed by atoms with Crippen molar-refractivity contribution < 1.29 is 4.74 Å². The van der Waals surface area contributed by atoms with Gasteiger partial charge in [0.25, 0.3) is 0 Å². The van der Waals surface area contributed by atoms with E-state index >= 15 is 0 Å². The summed E-state index contributed by atoms with van der Waals surface area (Å²) in [4.78, 5) is 0. The highest BCUT2D eigenvalue weighted by molar-refractivity contribution is 14.1. The Hall–Kier alpha value is 0.690. The van der Waals surface area contributed by atoms with Crippen molar-refractivity contribution in [3.8, 4) is 0 Å². The van der Waals surface area contributed by atoms with E-state index < -0.39 is 0 Å². The second-order valence-electron chi connectivity index (χ2n) is 5.36. The highest BCUT2D eigenvalue weighted by Gasteiger charge is 2.27. The molecule has 0 aromatic carbocycles. The van der Waals surface area contributed by atoms with Gasteiger partial charge in [0.1, 0.15) is 0 Å². The minimum atomic E-state index is 0.567. The molecule has 2 fully saturated rings. The minimum absolute atomic E-state index is 0.567. The number of ether oxygens (including phenoxy) is 1. The molecule has 15 heavy (non-hydrogen) atoms. The summed E-state index contributed by atoms with van der Waals surface area (Å²) in [6.07, 6.45) is 12.0. The van der Waals surface area contributed by atoms with Crippen molar-refractivity contribution in [1.82, 2.24) is 0 Å². The van der Waals surface area contributed by atoms with E-state index in [4.69, 9.17) is 4.74 Å². The molecule has 2 aliphatic carbocycles. The zero-order valence-electron chi connectivity index (χ0n) is 9.75. The van der Waals surface area contributed by atoms with Gasteiger partial charge in [-0.3, -0.25) is 0 Å². The van der Waals surface area contributed by atoms with Crippen LogP contribution in [0, 0.1) is 5.92 Å². The van der Waals surface area contributed by atoms with E-state index in [1.54, 1.807) is 0 Å². The number of halogens is 1. The molecule has 0 aromatic rings. The minimum Gasteiger partial charge on any atom is -0.374 e. The van der Waals surface area contributed by atoms with Crippen molar-refractivity contribution in [3.63, 3.8) is 0 Å². The van der Waals surface area contributed by atoms with Gasteiger partial charge in [-0.25, -0.2) is 0 Å². The number of rotatable bonds is 2. The van der Waals surface area contributed by atoms with Gasteiger partial charge in [-0.1, -0.05) is 42.4 Å². The molecule has 2 saturated carbocycles. The molecule has 0 heterocycles. The van der Waals surface area contributed by atoms with Crippen LogP contribution in [0.3, 0.4) is 0 Å². The Labute approximate surface area is 107 Å². The lowest BCUT2D eigenvalue weighted by Gasteiger charge is -2.34. The van der Waals surface area contributed by atoms with Crippen LogP contribution in [0.5, 0.6) is 0 Å².